The van der Waals surface area contributed by atoms with Crippen molar-refractivity contribution in [1.82, 2.24) is 0 Å². The molecule has 0 aliphatic carbocycles. The smallest absolute Gasteiger partial charge is 0.00264 e. The quantitative estimate of drug-likeness (QED) is 0.133. The van der Waals surface area contributed by atoms with Crippen molar-refractivity contribution in [3.8, 4) is 89.0 Å². The number of hydrogen-bond donors (Lipinski definition) is 0. The molecule has 0 amide bonds. The average molecular weight is 1070 g/mol. The molecule has 16 rings (SSSR count). The van der Waals surface area contributed by atoms with E-state index in [0.29, 0.717) is 0 Å². The summed E-state index contributed by atoms with van der Waals surface area (Å²) in [5.74, 6) is 0. The third-order valence-corrected chi connectivity index (χ3v) is 17.0. The lowest BCUT2D eigenvalue weighted by Gasteiger charge is -2.18. The molecule has 0 heteroatoms. The summed E-state index contributed by atoms with van der Waals surface area (Å²) in [7, 11) is 0. The van der Waals surface area contributed by atoms with Gasteiger partial charge < -0.3 is 0 Å². The second kappa shape index (κ2) is 21.9. The molecule has 0 radical (unpaired) electrons. The molecule has 0 spiro atoms. The highest BCUT2D eigenvalue weighted by Crippen LogP contribution is 2.46. The number of fused-ring (bicyclic) bond motifs is 6. The Balaban J connectivity index is 0.000000143. The van der Waals surface area contributed by atoms with Crippen LogP contribution < -0.4 is 0 Å². The average Bonchev–Trinajstić information content (AvgIpc) is 2.48. The topological polar surface area (TPSA) is 0 Å². The van der Waals surface area contributed by atoms with Gasteiger partial charge in [0.05, 0.1) is 0 Å². The molecule has 0 N–H and O–H groups in total. The van der Waals surface area contributed by atoms with Crippen LogP contribution in [0.3, 0.4) is 0 Å². The third kappa shape index (κ3) is 9.27. The Morgan fingerprint density at radius 2 is 0.369 bits per heavy atom. The van der Waals surface area contributed by atoms with Gasteiger partial charge >= 0.3 is 0 Å². The first-order valence-corrected chi connectivity index (χ1v) is 29.1. The molecule has 0 nitrogen and oxygen atoms in total. The number of benzene rings is 16. The molecule has 16 aromatic rings. The van der Waals surface area contributed by atoms with Gasteiger partial charge in [-0.1, -0.05) is 334 Å². The first-order valence-electron chi connectivity index (χ1n) is 29.1. The Labute approximate surface area is 490 Å². The van der Waals surface area contributed by atoms with Crippen LogP contribution in [-0.4, -0.2) is 0 Å². The summed E-state index contributed by atoms with van der Waals surface area (Å²) in [6.45, 7) is 0. The van der Waals surface area contributed by atoms with Crippen LogP contribution in [0.15, 0.2) is 340 Å². The zero-order chi connectivity index (χ0) is 55.8. The third-order valence-electron chi connectivity index (χ3n) is 17.0. The van der Waals surface area contributed by atoms with Crippen molar-refractivity contribution in [3.05, 3.63) is 340 Å². The number of rotatable bonds is 8. The predicted octanol–water partition coefficient (Wildman–Crippen LogP) is 23.6. The zero-order valence-corrected chi connectivity index (χ0v) is 46.3. The lowest BCUT2D eigenvalue weighted by Crippen LogP contribution is -1.91. The fourth-order valence-electron chi connectivity index (χ4n) is 12.9. The summed E-state index contributed by atoms with van der Waals surface area (Å²) in [6, 6.07) is 123. The van der Waals surface area contributed by atoms with Crippen LogP contribution in [0.5, 0.6) is 0 Å². The van der Waals surface area contributed by atoms with Gasteiger partial charge in [0.25, 0.3) is 0 Å². The molecule has 392 valence electrons. The molecule has 0 heterocycles. The molecule has 0 saturated heterocycles. The first kappa shape index (κ1) is 50.1. The van der Waals surface area contributed by atoms with Crippen molar-refractivity contribution in [3.63, 3.8) is 0 Å². The van der Waals surface area contributed by atoms with E-state index in [1.807, 2.05) is 0 Å². The van der Waals surface area contributed by atoms with Crippen LogP contribution in [0.4, 0.5) is 0 Å². The molecule has 0 aliphatic heterocycles. The summed E-state index contributed by atoms with van der Waals surface area (Å²) >= 11 is 0. The van der Waals surface area contributed by atoms with E-state index >= 15 is 0 Å². The van der Waals surface area contributed by atoms with Crippen molar-refractivity contribution in [2.75, 3.05) is 0 Å². The van der Waals surface area contributed by atoms with E-state index in [1.165, 1.54) is 154 Å². The van der Waals surface area contributed by atoms with Crippen molar-refractivity contribution < 1.29 is 0 Å². The fourth-order valence-corrected chi connectivity index (χ4v) is 12.9. The minimum atomic E-state index is 1.23. The first-order chi connectivity index (χ1) is 41.7. The zero-order valence-electron chi connectivity index (χ0n) is 46.3. The SMILES string of the molecule is c1ccc(-c2ccc(-c3c4ccccc4c(-c4ccc(-c5ccc6ccccc6c5)cc4)c4ccccc34)cc2)cc1.c1ccc(-c2ccc(-c3c4ccccc4c(-c4ccc(-c5cccc6ccccc56)cc4)c4ccccc34)cc2)cc1. The molecule has 0 bridgehead atoms. The van der Waals surface area contributed by atoms with Gasteiger partial charge in [0.15, 0.2) is 0 Å². The lowest BCUT2D eigenvalue weighted by atomic mass is 9.85. The molecule has 0 unspecified atom stereocenters. The van der Waals surface area contributed by atoms with Crippen LogP contribution in [0.2, 0.25) is 0 Å². The number of hydrogen-bond acceptors (Lipinski definition) is 0. The molecule has 16 aromatic carbocycles. The Morgan fingerprint density at radius 3 is 0.750 bits per heavy atom. The van der Waals surface area contributed by atoms with Gasteiger partial charge in [-0.2, -0.15) is 0 Å². The van der Waals surface area contributed by atoms with E-state index in [-0.39, 0.29) is 0 Å². The van der Waals surface area contributed by atoms with Gasteiger partial charge in [-0.05, 0) is 160 Å². The maximum Gasteiger partial charge on any atom is -0.00264 e. The summed E-state index contributed by atoms with van der Waals surface area (Å²) < 4.78 is 0. The van der Waals surface area contributed by atoms with Crippen LogP contribution in [0, 0.1) is 0 Å². The van der Waals surface area contributed by atoms with Crippen molar-refractivity contribution >= 4 is 64.6 Å². The van der Waals surface area contributed by atoms with Crippen LogP contribution in [0.1, 0.15) is 0 Å². The van der Waals surface area contributed by atoms with Gasteiger partial charge in [0.2, 0.25) is 0 Å². The molecule has 0 fully saturated rings. The Hall–Kier alpha value is -10.9. The van der Waals surface area contributed by atoms with Crippen LogP contribution in [0.25, 0.3) is 154 Å². The molecule has 84 heavy (non-hydrogen) atoms. The van der Waals surface area contributed by atoms with Gasteiger partial charge in [0, 0.05) is 0 Å². The molecule has 0 saturated carbocycles. The normalized spacial score (nSPS) is 11.3. The van der Waals surface area contributed by atoms with Crippen molar-refractivity contribution in [2.24, 2.45) is 0 Å². The standard InChI is InChI=1S/2C42H28/c1-2-11-29(12-3-1)30-21-25-33(26-22-30)41-37-16-6-8-18-39(37)42(40-19-9-7-17-38(40)41)34-27-23-32(24-28-34)36-20-10-14-31-13-4-5-15-35(31)36;1-2-10-29(11-3-1)31-18-23-33(24-19-31)41-37-14-6-8-16-39(37)42(40-17-9-7-15-38(40)41)34-25-20-32(21-26-34)36-27-22-30-12-4-5-13-35(30)28-36/h2*1-28H. The summed E-state index contributed by atoms with van der Waals surface area (Å²) in [6.07, 6.45) is 0. The van der Waals surface area contributed by atoms with E-state index in [1.54, 1.807) is 0 Å². The van der Waals surface area contributed by atoms with Gasteiger partial charge in [-0.25, -0.2) is 0 Å². The summed E-state index contributed by atoms with van der Waals surface area (Å²) in [4.78, 5) is 0. The van der Waals surface area contributed by atoms with E-state index in [4.69, 9.17) is 0 Å². The lowest BCUT2D eigenvalue weighted by molar-refractivity contribution is 1.61. The Morgan fingerprint density at radius 1 is 0.119 bits per heavy atom. The highest BCUT2D eigenvalue weighted by atomic mass is 14.2. The van der Waals surface area contributed by atoms with E-state index < -0.39 is 0 Å². The molecule has 0 aromatic heterocycles. The largest absolute Gasteiger partial charge is 0.0622 e. The van der Waals surface area contributed by atoms with Crippen LogP contribution >= 0.6 is 0 Å². The monoisotopic (exact) mass is 1060 g/mol. The second-order valence-corrected chi connectivity index (χ2v) is 21.8. The minimum absolute atomic E-state index is 1.23. The Bertz CT molecular complexity index is 4920. The van der Waals surface area contributed by atoms with Crippen molar-refractivity contribution in [1.29, 1.82) is 0 Å². The Kier molecular flexibility index (Phi) is 13.0. The molecule has 0 atom stereocenters. The van der Waals surface area contributed by atoms with Crippen LogP contribution in [-0.2, 0) is 0 Å². The highest BCUT2D eigenvalue weighted by molar-refractivity contribution is 6.23. The summed E-state index contributed by atoms with van der Waals surface area (Å²) in [5.41, 5.74) is 20.0. The molecular formula is C84H56. The minimum Gasteiger partial charge on any atom is -0.0622 e. The van der Waals surface area contributed by atoms with Gasteiger partial charge in [0.1, 0.15) is 0 Å². The van der Waals surface area contributed by atoms with Crippen molar-refractivity contribution in [2.45, 2.75) is 0 Å². The van der Waals surface area contributed by atoms with Gasteiger partial charge in [-0.15, -0.1) is 0 Å². The predicted molar refractivity (Wildman–Crippen MR) is 361 cm³/mol. The van der Waals surface area contributed by atoms with E-state index in [0.717, 1.165) is 0 Å². The maximum absolute atomic E-state index is 2.29. The second-order valence-electron chi connectivity index (χ2n) is 21.8. The van der Waals surface area contributed by atoms with E-state index in [9.17, 15) is 0 Å². The summed E-state index contributed by atoms with van der Waals surface area (Å²) in [5, 5.41) is 15.3. The van der Waals surface area contributed by atoms with E-state index in [2.05, 4.69) is 340 Å². The highest BCUT2D eigenvalue weighted by Gasteiger charge is 2.19. The molecule has 0 aliphatic rings. The fraction of sp³-hybridized carbons (Fsp3) is 0. The maximum atomic E-state index is 2.29. The molecular weight excluding hydrogens is 1010 g/mol. The van der Waals surface area contributed by atoms with Gasteiger partial charge in [-0.3, -0.25) is 0 Å².